The first-order valence-electron chi connectivity index (χ1n) is 8.52. The number of nitrogens with zero attached hydrogens (tertiary/aromatic N) is 4. The minimum Gasteiger partial charge on any atom is -0.454 e. The van der Waals surface area contributed by atoms with Crippen LogP contribution < -0.4 is 0 Å². The van der Waals surface area contributed by atoms with E-state index < -0.39 is 5.97 Å². The van der Waals surface area contributed by atoms with Crippen molar-refractivity contribution in [1.82, 2.24) is 19.3 Å². The topological polar surface area (TPSA) is 79.0 Å². The monoisotopic (exact) mass is 386 g/mol. The summed E-state index contributed by atoms with van der Waals surface area (Å²) in [6.07, 6.45) is 0. The van der Waals surface area contributed by atoms with E-state index in [9.17, 15) is 9.59 Å². The molecule has 3 aromatic rings. The summed E-state index contributed by atoms with van der Waals surface area (Å²) in [6.45, 7) is 8.95. The molecule has 0 unspecified atom stereocenters. The maximum atomic E-state index is 12.7. The normalized spacial score (nSPS) is 11.0. The Labute approximate surface area is 161 Å². The van der Waals surface area contributed by atoms with Crippen molar-refractivity contribution < 1.29 is 14.3 Å². The first kappa shape index (κ1) is 19.0. The molecule has 0 amide bonds. The molecule has 0 N–H and O–H groups in total. The van der Waals surface area contributed by atoms with E-state index in [4.69, 9.17) is 4.74 Å². The van der Waals surface area contributed by atoms with Crippen LogP contribution in [0.15, 0.2) is 11.4 Å². The number of hydrogen-bond acceptors (Lipinski definition) is 6. The van der Waals surface area contributed by atoms with Gasteiger partial charge in [-0.15, -0.1) is 11.3 Å². The highest BCUT2D eigenvalue weighted by Crippen LogP contribution is 2.24. The Hall–Kier alpha value is -2.74. The van der Waals surface area contributed by atoms with Crippen molar-refractivity contribution in [2.24, 2.45) is 7.05 Å². The second kappa shape index (κ2) is 7.11. The highest BCUT2D eigenvalue weighted by Gasteiger charge is 2.22. The third-order valence-corrected chi connectivity index (χ3v) is 5.52. The molecule has 3 aromatic heterocycles. The van der Waals surface area contributed by atoms with E-state index in [0.717, 1.165) is 22.2 Å². The van der Waals surface area contributed by atoms with Crippen LogP contribution in [-0.4, -0.2) is 37.7 Å². The van der Waals surface area contributed by atoms with Crippen LogP contribution in [0, 0.1) is 34.6 Å². The van der Waals surface area contributed by atoms with Gasteiger partial charge in [0.2, 0.25) is 5.78 Å². The molecule has 0 aliphatic carbocycles. The molecule has 142 valence electrons. The average Bonchev–Trinajstić information content (AvgIpc) is 3.22. The van der Waals surface area contributed by atoms with Gasteiger partial charge in [0.15, 0.2) is 11.7 Å². The highest BCUT2D eigenvalue weighted by molar-refractivity contribution is 7.12. The molecule has 3 rings (SSSR count). The van der Waals surface area contributed by atoms with Gasteiger partial charge in [-0.05, 0) is 40.7 Å². The quantitative estimate of drug-likeness (QED) is 0.497. The molecular weight excluding hydrogens is 364 g/mol. The number of esters is 1. The van der Waals surface area contributed by atoms with Gasteiger partial charge < -0.3 is 4.74 Å². The summed E-state index contributed by atoms with van der Waals surface area (Å²) in [4.78, 5) is 29.5. The maximum Gasteiger partial charge on any atom is 0.342 e. The van der Waals surface area contributed by atoms with E-state index in [1.165, 1.54) is 11.3 Å². The molecule has 0 bridgehead atoms. The number of carbonyl (C=O) groups is 2. The van der Waals surface area contributed by atoms with E-state index in [1.807, 2.05) is 36.8 Å². The van der Waals surface area contributed by atoms with Gasteiger partial charge in [0.1, 0.15) is 5.56 Å². The van der Waals surface area contributed by atoms with Crippen LogP contribution >= 0.6 is 11.3 Å². The van der Waals surface area contributed by atoms with Crippen molar-refractivity contribution in [3.63, 3.8) is 0 Å². The zero-order valence-electron chi connectivity index (χ0n) is 16.3. The van der Waals surface area contributed by atoms with Crippen LogP contribution in [0.4, 0.5) is 0 Å². The number of thiazole rings is 1. The van der Waals surface area contributed by atoms with Gasteiger partial charge >= 0.3 is 5.97 Å². The molecule has 0 fully saturated rings. The molecular formula is C19H22N4O3S. The van der Waals surface area contributed by atoms with E-state index in [2.05, 4.69) is 10.1 Å². The van der Waals surface area contributed by atoms with Crippen molar-refractivity contribution in [2.75, 3.05) is 6.61 Å². The summed E-state index contributed by atoms with van der Waals surface area (Å²) in [7, 11) is 1.76. The molecule has 7 nitrogen and oxygen atoms in total. The standard InChI is InChI=1S/C19H22N4O3S/c1-10-9-27-19(20-10)23-11(2)7-15(13(23)4)16(24)8-26-18(25)17-12(3)21-22(6)14(17)5/h7,9H,8H2,1-6H3. The molecule has 0 aromatic carbocycles. The van der Waals surface area contributed by atoms with Crippen molar-refractivity contribution in [3.05, 3.63) is 51.0 Å². The van der Waals surface area contributed by atoms with E-state index in [0.29, 0.717) is 22.5 Å². The molecule has 0 saturated heterocycles. The van der Waals surface area contributed by atoms with Gasteiger partial charge in [0.05, 0.1) is 11.4 Å². The second-order valence-electron chi connectivity index (χ2n) is 6.56. The summed E-state index contributed by atoms with van der Waals surface area (Å²) < 4.78 is 8.84. The number of aryl methyl sites for hydroxylation is 4. The lowest BCUT2D eigenvalue weighted by Gasteiger charge is -2.07. The molecule has 8 heteroatoms. The number of ketones is 1. The molecule has 0 radical (unpaired) electrons. The van der Waals surface area contributed by atoms with Gasteiger partial charge in [0.25, 0.3) is 0 Å². The first-order chi connectivity index (χ1) is 12.7. The first-order valence-corrected chi connectivity index (χ1v) is 9.40. The summed E-state index contributed by atoms with van der Waals surface area (Å²) in [6, 6.07) is 1.81. The number of carbonyl (C=O) groups excluding carboxylic acids is 2. The summed E-state index contributed by atoms with van der Waals surface area (Å²) in [5.74, 6) is -0.772. The molecule has 3 heterocycles. The fraction of sp³-hybridized carbons (Fsp3) is 0.368. The van der Waals surface area contributed by atoms with Crippen LogP contribution in [0.2, 0.25) is 0 Å². The Bertz CT molecular complexity index is 1040. The van der Waals surface area contributed by atoms with Gasteiger partial charge in [-0.2, -0.15) is 5.10 Å². The number of hydrogen-bond donors (Lipinski definition) is 0. The molecule has 27 heavy (non-hydrogen) atoms. The van der Waals surface area contributed by atoms with Crippen molar-refractivity contribution in [3.8, 4) is 5.13 Å². The lowest BCUT2D eigenvalue weighted by atomic mass is 10.1. The molecule has 0 atom stereocenters. The Kier molecular flexibility index (Phi) is 5.01. The Morgan fingerprint density at radius 3 is 2.41 bits per heavy atom. The zero-order chi connectivity index (χ0) is 19.9. The Morgan fingerprint density at radius 2 is 1.85 bits per heavy atom. The third kappa shape index (κ3) is 3.44. The number of rotatable bonds is 5. The second-order valence-corrected chi connectivity index (χ2v) is 7.40. The van der Waals surface area contributed by atoms with Crippen LogP contribution in [-0.2, 0) is 11.8 Å². The summed E-state index contributed by atoms with van der Waals surface area (Å²) >= 11 is 1.52. The lowest BCUT2D eigenvalue weighted by Crippen LogP contribution is -2.16. The van der Waals surface area contributed by atoms with E-state index in [-0.39, 0.29) is 12.4 Å². The average molecular weight is 386 g/mol. The number of aromatic nitrogens is 4. The predicted molar refractivity (Wildman–Crippen MR) is 103 cm³/mol. The molecule has 0 spiro atoms. The minimum absolute atomic E-state index is 0.241. The molecule has 0 aliphatic rings. The maximum absolute atomic E-state index is 12.7. The van der Waals surface area contributed by atoms with Crippen LogP contribution in [0.25, 0.3) is 5.13 Å². The Morgan fingerprint density at radius 1 is 1.15 bits per heavy atom. The predicted octanol–water partition coefficient (Wildman–Crippen LogP) is 3.25. The van der Waals surface area contributed by atoms with Gasteiger partial charge in [0, 0.05) is 35.1 Å². The molecule has 0 aliphatic heterocycles. The van der Waals surface area contributed by atoms with Crippen molar-refractivity contribution in [1.29, 1.82) is 0 Å². The number of ether oxygens (including phenoxy) is 1. The lowest BCUT2D eigenvalue weighted by molar-refractivity contribution is 0.0473. The zero-order valence-corrected chi connectivity index (χ0v) is 17.1. The third-order valence-electron chi connectivity index (χ3n) is 4.58. The Balaban J connectivity index is 1.78. The van der Waals surface area contributed by atoms with Crippen molar-refractivity contribution >= 4 is 23.1 Å². The van der Waals surface area contributed by atoms with E-state index >= 15 is 0 Å². The van der Waals surface area contributed by atoms with Gasteiger partial charge in [-0.25, -0.2) is 9.78 Å². The largest absolute Gasteiger partial charge is 0.454 e. The minimum atomic E-state index is -0.532. The van der Waals surface area contributed by atoms with Crippen molar-refractivity contribution in [2.45, 2.75) is 34.6 Å². The van der Waals surface area contributed by atoms with Gasteiger partial charge in [-0.3, -0.25) is 14.0 Å². The summed E-state index contributed by atoms with van der Waals surface area (Å²) in [5.41, 5.74) is 4.88. The fourth-order valence-electron chi connectivity index (χ4n) is 3.13. The van der Waals surface area contributed by atoms with Crippen LogP contribution in [0.5, 0.6) is 0 Å². The van der Waals surface area contributed by atoms with Crippen LogP contribution in [0.1, 0.15) is 49.2 Å². The fourth-order valence-corrected chi connectivity index (χ4v) is 4.05. The number of Topliss-reactive ketones (excluding diaryl/α,β-unsaturated/α-hetero) is 1. The smallest absolute Gasteiger partial charge is 0.342 e. The van der Waals surface area contributed by atoms with E-state index in [1.54, 1.807) is 25.6 Å². The molecule has 0 saturated carbocycles. The van der Waals surface area contributed by atoms with Gasteiger partial charge in [-0.1, -0.05) is 0 Å². The highest BCUT2D eigenvalue weighted by atomic mass is 32.1. The SMILES string of the molecule is Cc1csc(-n2c(C)cc(C(=O)COC(=O)c3c(C)nn(C)c3C)c2C)n1. The summed E-state index contributed by atoms with van der Waals surface area (Å²) in [5, 5.41) is 6.99. The van der Waals surface area contributed by atoms with Crippen LogP contribution in [0.3, 0.4) is 0 Å².